The minimum Gasteiger partial charge on any atom is -0.489 e. The number of aromatic nitrogens is 4. The number of ketones is 1. The Morgan fingerprint density at radius 2 is 1.82 bits per heavy atom. The van der Waals surface area contributed by atoms with Gasteiger partial charge in [0.2, 0.25) is 0 Å². The second kappa shape index (κ2) is 13.4. The molecule has 2 aromatic carbocycles. The maximum absolute atomic E-state index is 13.9. The van der Waals surface area contributed by atoms with Crippen molar-refractivity contribution in [2.45, 2.75) is 57.5 Å². The topological polar surface area (TPSA) is 149 Å². The number of carboxylic acids is 1. The molecule has 1 fully saturated rings. The number of benzene rings is 2. The maximum Gasteiger partial charge on any atom is 0.490 e. The summed E-state index contributed by atoms with van der Waals surface area (Å²) in [5.41, 5.74) is 0.163. The molecule has 0 unspecified atom stereocenters. The number of Topliss-reactive ketones (excluding diaryl/α,β-unsaturated/α-hetero) is 1. The molecule has 3 heterocycles. The first-order valence-electron chi connectivity index (χ1n) is 13.8. The monoisotopic (exact) mass is 615 g/mol. The van der Waals surface area contributed by atoms with Gasteiger partial charge in [0.1, 0.15) is 11.6 Å². The van der Waals surface area contributed by atoms with Crippen LogP contribution < -0.4 is 15.6 Å². The highest BCUT2D eigenvalue weighted by Crippen LogP contribution is 2.29. The minimum atomic E-state index is -5.08. The fourth-order valence-electron chi connectivity index (χ4n) is 4.77. The van der Waals surface area contributed by atoms with Crippen molar-refractivity contribution in [3.63, 3.8) is 0 Å². The molecule has 1 saturated heterocycles. The predicted octanol–water partition coefficient (Wildman–Crippen LogP) is 3.54. The third-order valence-corrected chi connectivity index (χ3v) is 6.88. The number of aliphatic hydroxyl groups is 1. The fourth-order valence-corrected chi connectivity index (χ4v) is 4.77. The normalized spacial score (nSPS) is 14.6. The lowest BCUT2D eigenvalue weighted by molar-refractivity contribution is -0.192. The summed E-state index contributed by atoms with van der Waals surface area (Å²) < 4.78 is 41.0. The molecule has 0 spiro atoms. The fraction of sp³-hybridized carbons (Fsp3) is 0.367. The summed E-state index contributed by atoms with van der Waals surface area (Å²) in [4.78, 5) is 44.8. The Hall–Kier alpha value is -4.56. The van der Waals surface area contributed by atoms with Crippen molar-refractivity contribution in [1.29, 1.82) is 0 Å². The lowest BCUT2D eigenvalue weighted by atomic mass is 9.88. The van der Waals surface area contributed by atoms with Gasteiger partial charge in [-0.15, -0.1) is 0 Å². The molecule has 11 nitrogen and oxygen atoms in total. The molecule has 14 heteroatoms. The zero-order valence-corrected chi connectivity index (χ0v) is 24.0. The van der Waals surface area contributed by atoms with E-state index in [1.54, 1.807) is 59.7 Å². The number of hydrogen-bond donors (Lipinski definition) is 3. The van der Waals surface area contributed by atoms with E-state index in [-0.39, 0.29) is 30.4 Å². The Labute approximate surface area is 249 Å². The number of fused-ring (bicyclic) bond motifs is 1. The summed E-state index contributed by atoms with van der Waals surface area (Å²) in [6, 6.07) is 12.3. The first-order valence-corrected chi connectivity index (χ1v) is 13.8. The van der Waals surface area contributed by atoms with Gasteiger partial charge < -0.3 is 24.8 Å². The summed E-state index contributed by atoms with van der Waals surface area (Å²) in [6.45, 7) is 5.31. The zero-order valence-electron chi connectivity index (χ0n) is 24.0. The number of alkyl halides is 3. The number of hydrogen-bond acceptors (Lipinski definition) is 8. The van der Waals surface area contributed by atoms with Crippen LogP contribution in [-0.2, 0) is 17.8 Å². The molecule has 0 aliphatic carbocycles. The van der Waals surface area contributed by atoms with Crippen LogP contribution in [-0.4, -0.2) is 72.0 Å². The van der Waals surface area contributed by atoms with Crippen molar-refractivity contribution in [2.24, 2.45) is 0 Å². The Balaban J connectivity index is 0.000000566. The van der Waals surface area contributed by atoms with Crippen LogP contribution in [0, 0.1) is 0 Å². The lowest BCUT2D eigenvalue weighted by Gasteiger charge is -2.33. The number of imidazole rings is 1. The van der Waals surface area contributed by atoms with Gasteiger partial charge in [-0.05, 0) is 70.1 Å². The third kappa shape index (κ3) is 7.88. The van der Waals surface area contributed by atoms with E-state index >= 15 is 0 Å². The molecule has 0 amide bonds. The van der Waals surface area contributed by atoms with Gasteiger partial charge in [-0.25, -0.2) is 14.8 Å². The summed E-state index contributed by atoms with van der Waals surface area (Å²) in [5, 5.41) is 22.2. The molecule has 44 heavy (non-hydrogen) atoms. The van der Waals surface area contributed by atoms with Crippen LogP contribution in [0.3, 0.4) is 0 Å². The van der Waals surface area contributed by atoms with E-state index in [2.05, 4.69) is 10.3 Å². The van der Waals surface area contributed by atoms with E-state index in [0.717, 1.165) is 0 Å². The van der Waals surface area contributed by atoms with Gasteiger partial charge in [0, 0.05) is 24.4 Å². The SMILES string of the molecule is CC(C)Oc1ccc(C(=O)Cn2ccnc2)cc1-n1c(CC2(O)CCNCC2)nc2ccccc2c1=O.O=C(O)C(F)(F)F. The van der Waals surface area contributed by atoms with E-state index < -0.39 is 17.7 Å². The number of carbonyl (C=O) groups excluding carboxylic acids is 1. The number of carbonyl (C=O) groups is 2. The number of aliphatic carboxylic acids is 1. The van der Waals surface area contributed by atoms with Crippen molar-refractivity contribution >= 4 is 22.7 Å². The zero-order chi connectivity index (χ0) is 32.1. The number of rotatable bonds is 8. The highest BCUT2D eigenvalue weighted by Gasteiger charge is 2.38. The van der Waals surface area contributed by atoms with E-state index in [1.807, 2.05) is 19.9 Å². The van der Waals surface area contributed by atoms with Crippen molar-refractivity contribution in [1.82, 2.24) is 24.4 Å². The number of para-hydroxylation sites is 1. The van der Waals surface area contributed by atoms with Gasteiger partial charge in [-0.2, -0.15) is 13.2 Å². The molecule has 4 aromatic rings. The molecule has 0 bridgehead atoms. The van der Waals surface area contributed by atoms with Crippen LogP contribution in [0.4, 0.5) is 13.2 Å². The number of nitrogens with zero attached hydrogens (tertiary/aromatic N) is 4. The first kappa shape index (κ1) is 32.4. The molecule has 1 aliphatic rings. The van der Waals surface area contributed by atoms with E-state index in [9.17, 15) is 27.9 Å². The van der Waals surface area contributed by atoms with Crippen molar-refractivity contribution in [3.8, 4) is 11.4 Å². The predicted molar refractivity (Wildman–Crippen MR) is 154 cm³/mol. The number of nitrogens with one attached hydrogen (secondary N) is 1. The molecule has 3 N–H and O–H groups in total. The molecule has 5 rings (SSSR count). The van der Waals surface area contributed by atoms with Crippen LogP contribution in [0.25, 0.3) is 16.6 Å². The van der Waals surface area contributed by atoms with Gasteiger partial charge in [0.05, 0.1) is 41.2 Å². The molecule has 0 radical (unpaired) electrons. The highest BCUT2D eigenvalue weighted by atomic mass is 19.4. The molecular weight excluding hydrogens is 583 g/mol. The first-order chi connectivity index (χ1) is 20.8. The van der Waals surface area contributed by atoms with E-state index in [1.165, 1.54) is 4.57 Å². The van der Waals surface area contributed by atoms with E-state index in [0.29, 0.717) is 59.7 Å². The number of piperidine rings is 1. The second-order valence-corrected chi connectivity index (χ2v) is 10.6. The van der Waals surface area contributed by atoms with Crippen LogP contribution in [0.5, 0.6) is 5.75 Å². The van der Waals surface area contributed by atoms with Crippen LogP contribution in [0.2, 0.25) is 0 Å². The van der Waals surface area contributed by atoms with Gasteiger partial charge in [-0.3, -0.25) is 14.2 Å². The second-order valence-electron chi connectivity index (χ2n) is 10.6. The number of carboxylic acid groups (broad SMARTS) is 1. The molecule has 1 aliphatic heterocycles. The van der Waals surface area contributed by atoms with E-state index in [4.69, 9.17) is 19.6 Å². The van der Waals surface area contributed by atoms with Crippen molar-refractivity contribution in [3.05, 3.63) is 82.9 Å². The van der Waals surface area contributed by atoms with Crippen LogP contribution in [0.15, 0.2) is 66.0 Å². The lowest BCUT2D eigenvalue weighted by Crippen LogP contribution is -2.44. The van der Waals surface area contributed by atoms with Gasteiger partial charge in [0.15, 0.2) is 5.78 Å². The van der Waals surface area contributed by atoms with Gasteiger partial charge in [-0.1, -0.05) is 12.1 Å². The molecule has 234 valence electrons. The van der Waals surface area contributed by atoms with Gasteiger partial charge in [0.25, 0.3) is 5.56 Å². The average molecular weight is 616 g/mol. The Morgan fingerprint density at radius 1 is 1.14 bits per heavy atom. The molecule has 0 saturated carbocycles. The summed E-state index contributed by atoms with van der Waals surface area (Å²) in [7, 11) is 0. The van der Waals surface area contributed by atoms with Crippen LogP contribution >= 0.6 is 0 Å². The number of halogens is 3. The van der Waals surface area contributed by atoms with Gasteiger partial charge >= 0.3 is 12.1 Å². The molecule has 0 atom stereocenters. The Bertz CT molecular complexity index is 1680. The van der Waals surface area contributed by atoms with Crippen molar-refractivity contribution in [2.75, 3.05) is 13.1 Å². The Morgan fingerprint density at radius 3 is 2.43 bits per heavy atom. The Kier molecular flexibility index (Phi) is 9.85. The summed E-state index contributed by atoms with van der Waals surface area (Å²) in [6.07, 6.45) is 0.991. The quantitative estimate of drug-likeness (QED) is 0.253. The molecule has 2 aromatic heterocycles. The summed E-state index contributed by atoms with van der Waals surface area (Å²) in [5.74, 6) is -1.99. The average Bonchev–Trinajstić information content (AvgIpc) is 3.46. The molecular formula is C30H32F3N5O6. The minimum absolute atomic E-state index is 0.119. The smallest absolute Gasteiger partial charge is 0.489 e. The van der Waals surface area contributed by atoms with Crippen LogP contribution in [0.1, 0.15) is 42.9 Å². The number of ether oxygens (including phenoxy) is 1. The van der Waals surface area contributed by atoms with Crippen molar-refractivity contribution < 1.29 is 37.7 Å². The summed E-state index contributed by atoms with van der Waals surface area (Å²) >= 11 is 0. The third-order valence-electron chi connectivity index (χ3n) is 6.88. The highest BCUT2D eigenvalue weighted by molar-refractivity contribution is 5.96. The largest absolute Gasteiger partial charge is 0.490 e. The standard InChI is InChI=1S/C28H31N5O4.C2HF3O2/c1-19(2)37-25-8-7-20(24(34)17-32-14-13-30-18-32)15-23(25)33-26(16-28(36)9-11-29-12-10-28)31-22-6-4-3-5-21(22)27(33)35;3-2(4,5)1(6)7/h3-8,13-15,18-19,29,36H,9-12,16-17H2,1-2H3;(H,6,7). The maximum atomic E-state index is 13.9.